The maximum atomic E-state index is 13.8. The minimum atomic E-state index is -1.07. The molecule has 0 spiro atoms. The molecule has 0 saturated carbocycles. The van der Waals surface area contributed by atoms with E-state index in [9.17, 15) is 18.8 Å². The van der Waals surface area contributed by atoms with Crippen molar-refractivity contribution in [1.29, 1.82) is 0 Å². The Hall–Kier alpha value is -5.76. The molecule has 3 amide bonds. The number of fused-ring (bicyclic) bond motifs is 1. The quantitative estimate of drug-likeness (QED) is 0.155. The Labute approximate surface area is 278 Å². The Morgan fingerprint density at radius 1 is 0.896 bits per heavy atom. The number of carbonyl (C=O) groups is 3. The summed E-state index contributed by atoms with van der Waals surface area (Å²) in [5.41, 5.74) is 10.6. The highest BCUT2D eigenvalue weighted by molar-refractivity contribution is 6.12. The molecular weight excluding hydrogens is 605 g/mol. The van der Waals surface area contributed by atoms with E-state index in [0.717, 1.165) is 22.3 Å². The molecule has 4 aromatic carbocycles. The van der Waals surface area contributed by atoms with Crippen LogP contribution in [0.25, 0.3) is 39.0 Å². The molecule has 6 rings (SSSR count). The lowest BCUT2D eigenvalue weighted by atomic mass is 9.71. The summed E-state index contributed by atoms with van der Waals surface area (Å²) < 4.78 is 19.8. The second kappa shape index (κ2) is 13.2. The lowest BCUT2D eigenvalue weighted by molar-refractivity contribution is -0.121. The number of nitrogens with one attached hydrogen (secondary N) is 2. The molecule has 1 atom stereocenters. The van der Waals surface area contributed by atoms with Crippen molar-refractivity contribution in [2.24, 2.45) is 11.7 Å². The van der Waals surface area contributed by atoms with Crippen molar-refractivity contribution >= 4 is 34.3 Å². The fourth-order valence-electron chi connectivity index (χ4n) is 6.19. The predicted octanol–water partition coefficient (Wildman–Crippen LogP) is 7.42. The molecule has 1 aliphatic carbocycles. The van der Waals surface area contributed by atoms with Crippen LogP contribution < -0.4 is 16.4 Å². The molecule has 8 heteroatoms. The maximum Gasteiger partial charge on any atom is 0.255 e. The van der Waals surface area contributed by atoms with Crippen LogP contribution in [-0.4, -0.2) is 31.3 Å². The molecule has 1 aromatic heterocycles. The van der Waals surface area contributed by atoms with E-state index in [1.54, 1.807) is 25.2 Å². The number of carbonyl (C=O) groups excluding carboxylic acids is 3. The van der Waals surface area contributed by atoms with Gasteiger partial charge in [0.15, 0.2) is 0 Å². The van der Waals surface area contributed by atoms with Gasteiger partial charge in [0.05, 0.1) is 11.0 Å². The number of rotatable bonds is 9. The van der Waals surface area contributed by atoms with Gasteiger partial charge in [0, 0.05) is 30.1 Å². The number of furan rings is 1. The van der Waals surface area contributed by atoms with Gasteiger partial charge in [0.25, 0.3) is 11.8 Å². The molecule has 242 valence electrons. The van der Waals surface area contributed by atoms with Gasteiger partial charge >= 0.3 is 0 Å². The van der Waals surface area contributed by atoms with Crippen molar-refractivity contribution < 1.29 is 23.2 Å². The average Bonchev–Trinajstić information content (AvgIpc) is 3.49. The third-order valence-corrected chi connectivity index (χ3v) is 8.74. The summed E-state index contributed by atoms with van der Waals surface area (Å²) in [6, 6.07) is 26.4. The fraction of sp³-hybridized carbons (Fsp3) is 0.175. The first-order valence-electron chi connectivity index (χ1n) is 15.8. The topological polar surface area (TPSA) is 114 Å². The number of hydrogen-bond donors (Lipinski definition) is 3. The molecule has 0 bridgehead atoms. The Bertz CT molecular complexity index is 2090. The van der Waals surface area contributed by atoms with Gasteiger partial charge in [-0.2, -0.15) is 0 Å². The summed E-state index contributed by atoms with van der Waals surface area (Å²) in [6.07, 6.45) is 5.86. The van der Waals surface area contributed by atoms with E-state index < -0.39 is 17.1 Å². The first-order chi connectivity index (χ1) is 23.1. The molecule has 7 nitrogen and oxygen atoms in total. The molecule has 0 radical (unpaired) electrons. The van der Waals surface area contributed by atoms with Crippen LogP contribution in [0.3, 0.4) is 0 Å². The Morgan fingerprint density at radius 2 is 1.58 bits per heavy atom. The van der Waals surface area contributed by atoms with Crippen LogP contribution in [0.4, 0.5) is 4.39 Å². The summed E-state index contributed by atoms with van der Waals surface area (Å²) >= 11 is 0. The molecule has 48 heavy (non-hydrogen) atoms. The Kier molecular flexibility index (Phi) is 8.82. The third-order valence-electron chi connectivity index (χ3n) is 8.74. The van der Waals surface area contributed by atoms with Crippen LogP contribution in [-0.2, 0) is 10.2 Å². The van der Waals surface area contributed by atoms with Gasteiger partial charge in [-0.3, -0.25) is 14.4 Å². The van der Waals surface area contributed by atoms with Crippen LogP contribution in [0.2, 0.25) is 0 Å². The standard InChI is InChI=1S/C40H36FN3O4/c1-24(2)23-44-37(45)32-20-26(13-17-31(32)28-8-7-19-40(22-28,39(42)47)29-9-5-4-6-10-29)27-14-18-34-33(21-27)35(38(46)43-3)36(48-34)25-11-15-30(41)16-12-25/h4-21,24H,22-23H2,1-3H3,(H2,42,47)(H,43,46)(H,44,45). The summed E-state index contributed by atoms with van der Waals surface area (Å²) in [4.78, 5) is 40.0. The average molecular weight is 642 g/mol. The minimum absolute atomic E-state index is 0.236. The number of amides is 3. The second-order valence-electron chi connectivity index (χ2n) is 12.4. The molecule has 0 saturated heterocycles. The molecule has 1 heterocycles. The van der Waals surface area contributed by atoms with E-state index in [2.05, 4.69) is 10.6 Å². The summed E-state index contributed by atoms with van der Waals surface area (Å²) in [5.74, 6) is -0.884. The Balaban J connectivity index is 1.46. The van der Waals surface area contributed by atoms with Gasteiger partial charge in [-0.25, -0.2) is 4.39 Å². The zero-order valence-electron chi connectivity index (χ0n) is 27.0. The highest BCUT2D eigenvalue weighted by Gasteiger charge is 2.39. The van der Waals surface area contributed by atoms with Gasteiger partial charge in [0.1, 0.15) is 17.2 Å². The zero-order valence-corrected chi connectivity index (χ0v) is 27.0. The van der Waals surface area contributed by atoms with Crippen molar-refractivity contribution in [2.75, 3.05) is 13.6 Å². The fourth-order valence-corrected chi connectivity index (χ4v) is 6.19. The van der Waals surface area contributed by atoms with Gasteiger partial charge in [-0.1, -0.05) is 80.6 Å². The van der Waals surface area contributed by atoms with E-state index >= 15 is 0 Å². The lowest BCUT2D eigenvalue weighted by Gasteiger charge is -2.32. The number of nitrogens with two attached hydrogens (primary N) is 1. The summed E-state index contributed by atoms with van der Waals surface area (Å²) in [7, 11) is 1.54. The lowest BCUT2D eigenvalue weighted by Crippen LogP contribution is -2.40. The van der Waals surface area contributed by atoms with Crippen LogP contribution in [0.15, 0.2) is 114 Å². The molecule has 4 N–H and O–H groups in total. The minimum Gasteiger partial charge on any atom is -0.455 e. The maximum absolute atomic E-state index is 13.8. The third kappa shape index (κ3) is 6.05. The molecule has 0 fully saturated rings. The van der Waals surface area contributed by atoms with Crippen molar-refractivity contribution in [1.82, 2.24) is 10.6 Å². The van der Waals surface area contributed by atoms with Crippen LogP contribution >= 0.6 is 0 Å². The van der Waals surface area contributed by atoms with Gasteiger partial charge in [-0.15, -0.1) is 0 Å². The van der Waals surface area contributed by atoms with Crippen molar-refractivity contribution in [2.45, 2.75) is 25.7 Å². The van der Waals surface area contributed by atoms with Crippen molar-refractivity contribution in [3.8, 4) is 22.5 Å². The number of primary amides is 1. The first-order valence-corrected chi connectivity index (χ1v) is 15.8. The molecule has 5 aromatic rings. The number of halogens is 1. The predicted molar refractivity (Wildman–Crippen MR) is 187 cm³/mol. The monoisotopic (exact) mass is 641 g/mol. The van der Waals surface area contributed by atoms with Crippen LogP contribution in [0, 0.1) is 11.7 Å². The normalized spacial score (nSPS) is 15.7. The second-order valence-corrected chi connectivity index (χ2v) is 12.4. The number of hydrogen-bond acceptors (Lipinski definition) is 4. The molecule has 1 aliphatic rings. The van der Waals surface area contributed by atoms with E-state index in [4.69, 9.17) is 10.2 Å². The van der Waals surface area contributed by atoms with Crippen LogP contribution in [0.5, 0.6) is 0 Å². The smallest absolute Gasteiger partial charge is 0.255 e. The Morgan fingerprint density at radius 3 is 2.27 bits per heavy atom. The number of benzene rings is 4. The van der Waals surface area contributed by atoms with Crippen molar-refractivity contribution in [3.63, 3.8) is 0 Å². The van der Waals surface area contributed by atoms with E-state index in [-0.39, 0.29) is 24.2 Å². The highest BCUT2D eigenvalue weighted by Crippen LogP contribution is 2.41. The van der Waals surface area contributed by atoms with E-state index in [1.807, 2.05) is 92.7 Å². The molecule has 1 unspecified atom stereocenters. The van der Waals surface area contributed by atoms with Gasteiger partial charge < -0.3 is 20.8 Å². The SMILES string of the molecule is CNC(=O)c1c(-c2ccc(F)cc2)oc2ccc(-c3ccc(C4=CC=CC(C(N)=O)(c5ccccc5)C4)c(C(=O)NCC(C)C)c3)cc12. The molecule has 0 aliphatic heterocycles. The zero-order chi connectivity index (χ0) is 34.0. The van der Waals surface area contributed by atoms with E-state index in [0.29, 0.717) is 45.5 Å². The molecular formula is C40H36FN3O4. The highest BCUT2D eigenvalue weighted by atomic mass is 19.1. The number of allylic oxidation sites excluding steroid dienone is 3. The summed E-state index contributed by atoms with van der Waals surface area (Å²) in [6.45, 7) is 4.54. The van der Waals surface area contributed by atoms with Crippen LogP contribution in [0.1, 0.15) is 52.1 Å². The van der Waals surface area contributed by atoms with Gasteiger partial charge in [0.2, 0.25) is 5.91 Å². The van der Waals surface area contributed by atoms with Crippen molar-refractivity contribution in [3.05, 3.63) is 137 Å². The van der Waals surface area contributed by atoms with Gasteiger partial charge in [-0.05, 0) is 82.6 Å². The first kappa shape index (κ1) is 32.2. The van der Waals surface area contributed by atoms with E-state index in [1.165, 1.54) is 12.1 Å². The summed E-state index contributed by atoms with van der Waals surface area (Å²) in [5, 5.41) is 6.31. The largest absolute Gasteiger partial charge is 0.455 e.